The molecule has 3 rings (SSSR count). The molecular formula is C17H24N2O2. The number of nitrogens with two attached hydrogens (primary N) is 1. The van der Waals surface area contributed by atoms with Crippen LogP contribution in [0.4, 0.5) is 0 Å². The number of ether oxygens (including phenoxy) is 1. The summed E-state index contributed by atoms with van der Waals surface area (Å²) in [5.41, 5.74) is 6.68. The molecule has 0 bridgehead atoms. The van der Waals surface area contributed by atoms with Gasteiger partial charge >= 0.3 is 0 Å². The molecular weight excluding hydrogens is 264 g/mol. The second-order valence-corrected chi connectivity index (χ2v) is 6.25. The average Bonchev–Trinajstić information content (AvgIpc) is 2.56. The van der Waals surface area contributed by atoms with Gasteiger partial charge in [-0.25, -0.2) is 0 Å². The van der Waals surface area contributed by atoms with Crippen LogP contribution in [0, 0.1) is 5.41 Å². The summed E-state index contributed by atoms with van der Waals surface area (Å²) in [4.78, 5) is 12.8. The first kappa shape index (κ1) is 14.4. The highest BCUT2D eigenvalue weighted by Crippen LogP contribution is 2.38. The zero-order valence-corrected chi connectivity index (χ0v) is 12.4. The van der Waals surface area contributed by atoms with Gasteiger partial charge in [-0.15, -0.1) is 0 Å². The van der Waals surface area contributed by atoms with Gasteiger partial charge in [-0.3, -0.25) is 4.79 Å². The highest BCUT2D eigenvalue weighted by atomic mass is 16.5. The predicted octanol–water partition coefficient (Wildman–Crippen LogP) is 2.54. The minimum absolute atomic E-state index is 0.0489. The molecule has 1 unspecified atom stereocenters. The quantitative estimate of drug-likeness (QED) is 0.898. The summed E-state index contributed by atoms with van der Waals surface area (Å²) < 4.78 is 5.66. The maximum absolute atomic E-state index is 12.8. The summed E-state index contributed by atoms with van der Waals surface area (Å²) in [5.74, 6) is 1.02. The van der Waals surface area contributed by atoms with Crippen LogP contribution in [-0.4, -0.2) is 19.1 Å². The molecule has 1 saturated carbocycles. The smallest absolute Gasteiger partial charge is 0.227 e. The summed E-state index contributed by atoms with van der Waals surface area (Å²) in [6, 6.07) is 8.01. The van der Waals surface area contributed by atoms with Crippen molar-refractivity contribution >= 4 is 5.91 Å². The zero-order valence-electron chi connectivity index (χ0n) is 12.4. The topological polar surface area (TPSA) is 64.4 Å². The van der Waals surface area contributed by atoms with Gasteiger partial charge in [-0.05, 0) is 18.9 Å². The number of carbonyl (C=O) groups excluding carboxylic acids is 1. The Hall–Kier alpha value is -1.55. The van der Waals surface area contributed by atoms with Crippen LogP contribution in [0.25, 0.3) is 0 Å². The molecule has 1 fully saturated rings. The Bertz CT molecular complexity index is 509. The predicted molar refractivity (Wildman–Crippen MR) is 82.0 cm³/mol. The Morgan fingerprint density at radius 3 is 2.81 bits per heavy atom. The number of benzene rings is 1. The second kappa shape index (κ2) is 6.06. The summed E-state index contributed by atoms with van der Waals surface area (Å²) >= 11 is 0. The van der Waals surface area contributed by atoms with Crippen LogP contribution in [0.2, 0.25) is 0 Å². The van der Waals surface area contributed by atoms with Gasteiger partial charge in [0, 0.05) is 18.5 Å². The number of amides is 1. The van der Waals surface area contributed by atoms with E-state index in [1.807, 2.05) is 24.3 Å². The Morgan fingerprint density at radius 2 is 2.05 bits per heavy atom. The first-order valence-corrected chi connectivity index (χ1v) is 7.98. The molecule has 3 N–H and O–H groups in total. The molecule has 2 aliphatic rings. The highest BCUT2D eigenvalue weighted by molar-refractivity contribution is 5.83. The summed E-state index contributed by atoms with van der Waals surface area (Å²) in [6.45, 7) is 1.10. The lowest BCUT2D eigenvalue weighted by Gasteiger charge is -2.37. The molecule has 4 heteroatoms. The van der Waals surface area contributed by atoms with Gasteiger partial charge in [0.15, 0.2) is 0 Å². The van der Waals surface area contributed by atoms with E-state index in [9.17, 15) is 4.79 Å². The van der Waals surface area contributed by atoms with Crippen molar-refractivity contribution in [3.63, 3.8) is 0 Å². The number of hydrogen-bond donors (Lipinski definition) is 2. The largest absolute Gasteiger partial charge is 0.493 e. The fourth-order valence-corrected chi connectivity index (χ4v) is 3.56. The number of nitrogens with one attached hydrogen (secondary N) is 1. The third-order valence-electron chi connectivity index (χ3n) is 4.95. The van der Waals surface area contributed by atoms with Gasteiger partial charge in [0.2, 0.25) is 5.91 Å². The molecule has 1 amide bonds. The van der Waals surface area contributed by atoms with Crippen molar-refractivity contribution in [2.75, 3.05) is 13.2 Å². The molecule has 1 aliphatic carbocycles. The maximum atomic E-state index is 12.8. The summed E-state index contributed by atoms with van der Waals surface area (Å²) in [5, 5.41) is 3.24. The van der Waals surface area contributed by atoms with E-state index in [1.165, 1.54) is 6.42 Å². The van der Waals surface area contributed by atoms with Crippen LogP contribution in [-0.2, 0) is 4.79 Å². The third kappa shape index (κ3) is 2.77. The number of rotatable bonds is 3. The van der Waals surface area contributed by atoms with Crippen LogP contribution >= 0.6 is 0 Å². The van der Waals surface area contributed by atoms with Crippen molar-refractivity contribution in [3.05, 3.63) is 29.8 Å². The fourth-order valence-electron chi connectivity index (χ4n) is 3.56. The van der Waals surface area contributed by atoms with E-state index in [0.717, 1.165) is 43.4 Å². The van der Waals surface area contributed by atoms with E-state index < -0.39 is 0 Å². The lowest BCUT2D eigenvalue weighted by Crippen LogP contribution is -2.48. The van der Waals surface area contributed by atoms with E-state index in [-0.39, 0.29) is 17.4 Å². The molecule has 0 radical (unpaired) electrons. The van der Waals surface area contributed by atoms with Gasteiger partial charge in [0.25, 0.3) is 0 Å². The lowest BCUT2D eigenvalue weighted by molar-refractivity contribution is -0.133. The number of hydrogen-bond acceptors (Lipinski definition) is 3. The third-order valence-corrected chi connectivity index (χ3v) is 4.95. The molecule has 114 valence electrons. The minimum Gasteiger partial charge on any atom is -0.493 e. The van der Waals surface area contributed by atoms with Crippen molar-refractivity contribution in [3.8, 4) is 5.75 Å². The first-order valence-electron chi connectivity index (χ1n) is 7.98. The highest BCUT2D eigenvalue weighted by Gasteiger charge is 2.39. The first-order chi connectivity index (χ1) is 10.2. The molecule has 1 aromatic rings. The second-order valence-electron chi connectivity index (χ2n) is 6.25. The van der Waals surface area contributed by atoms with Crippen LogP contribution in [0.15, 0.2) is 24.3 Å². The van der Waals surface area contributed by atoms with Crippen molar-refractivity contribution in [2.24, 2.45) is 11.1 Å². The minimum atomic E-state index is -0.356. The maximum Gasteiger partial charge on any atom is 0.227 e. The van der Waals surface area contributed by atoms with E-state index in [1.54, 1.807) is 0 Å². The van der Waals surface area contributed by atoms with Crippen molar-refractivity contribution in [1.29, 1.82) is 0 Å². The average molecular weight is 288 g/mol. The lowest BCUT2D eigenvalue weighted by atomic mass is 9.73. The Morgan fingerprint density at radius 1 is 1.29 bits per heavy atom. The molecule has 0 saturated heterocycles. The standard InChI is InChI=1S/C17H24N2O2/c18-12-17(9-4-1-5-10-17)16(20)19-14-8-11-21-15-7-3-2-6-13(14)15/h2-3,6-7,14H,1,4-5,8-12,18H2,(H,19,20). The summed E-state index contributed by atoms with van der Waals surface area (Å²) in [7, 11) is 0. The molecule has 1 aromatic carbocycles. The van der Waals surface area contributed by atoms with Crippen LogP contribution in [0.5, 0.6) is 5.75 Å². The van der Waals surface area contributed by atoms with E-state index in [0.29, 0.717) is 13.2 Å². The van der Waals surface area contributed by atoms with Gasteiger partial charge in [0.05, 0.1) is 18.1 Å². The molecule has 1 aliphatic heterocycles. The van der Waals surface area contributed by atoms with Crippen molar-refractivity contribution in [1.82, 2.24) is 5.32 Å². The monoisotopic (exact) mass is 288 g/mol. The number of fused-ring (bicyclic) bond motifs is 1. The number of carbonyl (C=O) groups is 1. The summed E-state index contributed by atoms with van der Waals surface area (Å²) in [6.07, 6.45) is 6.09. The molecule has 0 spiro atoms. The van der Waals surface area contributed by atoms with Crippen molar-refractivity contribution < 1.29 is 9.53 Å². The van der Waals surface area contributed by atoms with Gasteiger partial charge < -0.3 is 15.8 Å². The normalized spacial score (nSPS) is 23.8. The zero-order chi connectivity index (χ0) is 14.7. The van der Waals surface area contributed by atoms with E-state index in [2.05, 4.69) is 5.32 Å². The molecule has 0 aromatic heterocycles. The Kier molecular flexibility index (Phi) is 4.15. The molecule has 1 heterocycles. The number of para-hydroxylation sites is 1. The Balaban J connectivity index is 1.76. The molecule has 1 atom stereocenters. The van der Waals surface area contributed by atoms with E-state index >= 15 is 0 Å². The van der Waals surface area contributed by atoms with Crippen molar-refractivity contribution in [2.45, 2.75) is 44.6 Å². The van der Waals surface area contributed by atoms with Crippen LogP contribution in [0.3, 0.4) is 0 Å². The molecule has 21 heavy (non-hydrogen) atoms. The molecule has 4 nitrogen and oxygen atoms in total. The van der Waals surface area contributed by atoms with E-state index in [4.69, 9.17) is 10.5 Å². The van der Waals surface area contributed by atoms with Gasteiger partial charge in [0.1, 0.15) is 5.75 Å². The SMILES string of the molecule is NCC1(C(=O)NC2CCOc3ccccc32)CCCCC1. The van der Waals surface area contributed by atoms with Gasteiger partial charge in [-0.1, -0.05) is 37.5 Å². The fraction of sp³-hybridized carbons (Fsp3) is 0.588. The van der Waals surface area contributed by atoms with Gasteiger partial charge in [-0.2, -0.15) is 0 Å². The Labute approximate surface area is 126 Å². The van der Waals surface area contributed by atoms with Crippen LogP contribution in [0.1, 0.15) is 50.1 Å². The van der Waals surface area contributed by atoms with Crippen LogP contribution < -0.4 is 15.8 Å².